The zero-order chi connectivity index (χ0) is 15.5. The second-order valence-electron chi connectivity index (χ2n) is 5.68. The lowest BCUT2D eigenvalue weighted by Crippen LogP contribution is -2.46. The first-order valence-electron chi connectivity index (χ1n) is 7.49. The van der Waals surface area contributed by atoms with E-state index in [0.717, 1.165) is 23.0 Å². The fourth-order valence-corrected chi connectivity index (χ4v) is 3.45. The summed E-state index contributed by atoms with van der Waals surface area (Å²) in [5.41, 5.74) is 9.75. The summed E-state index contributed by atoms with van der Waals surface area (Å²) in [5.74, 6) is 0.0326. The Morgan fingerprint density at radius 3 is 2.65 bits per heavy atom. The molecule has 0 saturated carbocycles. The second-order valence-corrected chi connectivity index (χ2v) is 6.54. The van der Waals surface area contributed by atoms with Crippen molar-refractivity contribution in [1.29, 1.82) is 0 Å². The molecule has 2 N–H and O–H groups in total. The third-order valence-corrected chi connectivity index (χ3v) is 4.89. The molecule has 5 heteroatoms. The van der Waals surface area contributed by atoms with Crippen LogP contribution in [0.25, 0.3) is 0 Å². The number of hydrogen-bond acceptors (Lipinski definition) is 2. The molecule has 0 bridgehead atoms. The topological polar surface area (TPSA) is 46.3 Å². The number of fused-ring (bicyclic) bond motifs is 1. The second kappa shape index (κ2) is 7.95. The van der Waals surface area contributed by atoms with E-state index in [2.05, 4.69) is 22.0 Å². The molecule has 2 aromatic carbocycles. The van der Waals surface area contributed by atoms with Crippen LogP contribution in [0.15, 0.2) is 53.0 Å². The Labute approximate surface area is 151 Å². The molecule has 0 spiro atoms. The van der Waals surface area contributed by atoms with E-state index >= 15 is 0 Å². The van der Waals surface area contributed by atoms with Crippen LogP contribution >= 0.6 is 28.3 Å². The third-order valence-electron chi connectivity index (χ3n) is 4.14. The van der Waals surface area contributed by atoms with Crippen LogP contribution in [0.4, 0.5) is 0 Å². The van der Waals surface area contributed by atoms with Crippen molar-refractivity contribution < 1.29 is 4.79 Å². The highest BCUT2D eigenvalue weighted by Crippen LogP contribution is 2.26. The standard InChI is InChI=1S/C18H19BrN2O.ClH/c19-16-8-4-7-14-9-10-21(12-15(14)16)18(22)17(20)11-13-5-2-1-3-6-13;/h1-8,17H,9-12,20H2;1H/t17-;/m0./s1. The number of halogens is 2. The van der Waals surface area contributed by atoms with Crippen molar-refractivity contribution in [3.63, 3.8) is 0 Å². The molecule has 0 fully saturated rings. The molecule has 0 saturated heterocycles. The van der Waals surface area contributed by atoms with Gasteiger partial charge in [-0.05, 0) is 35.6 Å². The van der Waals surface area contributed by atoms with Gasteiger partial charge in [0, 0.05) is 17.6 Å². The Bertz CT molecular complexity index is 678. The first-order valence-corrected chi connectivity index (χ1v) is 8.29. The molecule has 3 rings (SSSR count). The summed E-state index contributed by atoms with van der Waals surface area (Å²) in [6.45, 7) is 1.38. The van der Waals surface area contributed by atoms with Gasteiger partial charge in [0.05, 0.1) is 6.04 Å². The van der Waals surface area contributed by atoms with E-state index in [1.54, 1.807) is 0 Å². The Hall–Kier alpha value is -1.36. The highest BCUT2D eigenvalue weighted by molar-refractivity contribution is 9.10. The minimum Gasteiger partial charge on any atom is -0.337 e. The molecular formula is C18H20BrClN2O. The molecule has 0 aromatic heterocycles. The first-order chi connectivity index (χ1) is 10.6. The Morgan fingerprint density at radius 1 is 1.17 bits per heavy atom. The highest BCUT2D eigenvalue weighted by Gasteiger charge is 2.26. The summed E-state index contributed by atoms with van der Waals surface area (Å²) in [7, 11) is 0. The molecule has 122 valence electrons. The molecule has 0 unspecified atom stereocenters. The van der Waals surface area contributed by atoms with Crippen molar-refractivity contribution >= 4 is 34.2 Å². The van der Waals surface area contributed by atoms with Gasteiger partial charge in [-0.2, -0.15) is 0 Å². The lowest BCUT2D eigenvalue weighted by Gasteiger charge is -2.31. The predicted octanol–water partition coefficient (Wildman–Crippen LogP) is 3.33. The molecule has 1 amide bonds. The minimum absolute atomic E-state index is 0. The number of rotatable bonds is 3. The van der Waals surface area contributed by atoms with Crippen LogP contribution in [-0.2, 0) is 24.2 Å². The van der Waals surface area contributed by atoms with Crippen molar-refractivity contribution in [2.45, 2.75) is 25.4 Å². The van der Waals surface area contributed by atoms with Crippen molar-refractivity contribution in [3.8, 4) is 0 Å². The number of benzene rings is 2. The van der Waals surface area contributed by atoms with E-state index in [1.165, 1.54) is 11.1 Å². The molecule has 3 nitrogen and oxygen atoms in total. The lowest BCUT2D eigenvalue weighted by atomic mass is 9.98. The SMILES string of the molecule is Cl.N[C@@H](Cc1ccccc1)C(=O)N1CCc2cccc(Br)c2C1. The van der Waals surface area contributed by atoms with Crippen LogP contribution < -0.4 is 5.73 Å². The Kier molecular flexibility index (Phi) is 6.22. The van der Waals surface area contributed by atoms with E-state index in [1.807, 2.05) is 47.4 Å². The molecule has 1 aliphatic heterocycles. The van der Waals surface area contributed by atoms with Crippen molar-refractivity contribution in [2.75, 3.05) is 6.54 Å². The number of amides is 1. The molecule has 1 heterocycles. The number of carbonyl (C=O) groups excluding carboxylic acids is 1. The summed E-state index contributed by atoms with van der Waals surface area (Å²) < 4.78 is 1.07. The van der Waals surface area contributed by atoms with Crippen LogP contribution in [0.2, 0.25) is 0 Å². The average Bonchev–Trinajstić information content (AvgIpc) is 2.55. The van der Waals surface area contributed by atoms with Crippen molar-refractivity contribution in [1.82, 2.24) is 4.90 Å². The van der Waals surface area contributed by atoms with Crippen molar-refractivity contribution in [3.05, 3.63) is 69.7 Å². The number of nitrogens with two attached hydrogens (primary N) is 1. The largest absolute Gasteiger partial charge is 0.337 e. The van der Waals surface area contributed by atoms with Crippen LogP contribution in [0.1, 0.15) is 16.7 Å². The summed E-state index contributed by atoms with van der Waals surface area (Å²) in [4.78, 5) is 14.5. The predicted molar refractivity (Wildman–Crippen MR) is 98.6 cm³/mol. The van der Waals surface area contributed by atoms with Gasteiger partial charge in [0.2, 0.25) is 5.91 Å². The smallest absolute Gasteiger partial charge is 0.240 e. The van der Waals surface area contributed by atoms with Crippen LogP contribution in [0.3, 0.4) is 0 Å². The van der Waals surface area contributed by atoms with Gasteiger partial charge in [-0.25, -0.2) is 0 Å². The zero-order valence-corrected chi connectivity index (χ0v) is 15.1. The van der Waals surface area contributed by atoms with Gasteiger partial charge in [-0.3, -0.25) is 4.79 Å². The summed E-state index contributed by atoms with van der Waals surface area (Å²) in [6, 6.07) is 15.7. The Balaban J connectivity index is 0.00000192. The summed E-state index contributed by atoms with van der Waals surface area (Å²) >= 11 is 3.58. The molecule has 2 aromatic rings. The lowest BCUT2D eigenvalue weighted by molar-refractivity contribution is -0.133. The number of hydrogen-bond donors (Lipinski definition) is 1. The molecular weight excluding hydrogens is 376 g/mol. The molecule has 23 heavy (non-hydrogen) atoms. The van der Waals surface area contributed by atoms with E-state index < -0.39 is 6.04 Å². The van der Waals surface area contributed by atoms with Crippen LogP contribution in [0, 0.1) is 0 Å². The van der Waals surface area contributed by atoms with Gasteiger partial charge in [-0.15, -0.1) is 12.4 Å². The van der Waals surface area contributed by atoms with Gasteiger partial charge in [0.1, 0.15) is 0 Å². The average molecular weight is 396 g/mol. The van der Waals surface area contributed by atoms with Gasteiger partial charge >= 0.3 is 0 Å². The minimum atomic E-state index is -0.480. The highest BCUT2D eigenvalue weighted by atomic mass is 79.9. The van der Waals surface area contributed by atoms with E-state index in [0.29, 0.717) is 13.0 Å². The fraction of sp³-hybridized carbons (Fsp3) is 0.278. The third kappa shape index (κ3) is 4.14. The molecule has 0 aliphatic carbocycles. The summed E-state index contributed by atoms with van der Waals surface area (Å²) in [5, 5.41) is 0. The maximum Gasteiger partial charge on any atom is 0.240 e. The first kappa shape index (κ1) is 18.0. The molecule has 1 aliphatic rings. The van der Waals surface area contributed by atoms with Crippen LogP contribution in [-0.4, -0.2) is 23.4 Å². The molecule has 0 radical (unpaired) electrons. The summed E-state index contributed by atoms with van der Waals surface area (Å²) in [6.07, 6.45) is 1.47. The normalized spacial score (nSPS) is 14.6. The maximum absolute atomic E-state index is 12.6. The van der Waals surface area contributed by atoms with Crippen LogP contribution in [0.5, 0.6) is 0 Å². The van der Waals surface area contributed by atoms with Gasteiger partial charge < -0.3 is 10.6 Å². The van der Waals surface area contributed by atoms with Gasteiger partial charge in [0.15, 0.2) is 0 Å². The van der Waals surface area contributed by atoms with Crippen molar-refractivity contribution in [2.24, 2.45) is 5.73 Å². The Morgan fingerprint density at radius 2 is 1.91 bits per heavy atom. The van der Waals surface area contributed by atoms with E-state index in [4.69, 9.17) is 5.73 Å². The van der Waals surface area contributed by atoms with Gasteiger partial charge in [0.25, 0.3) is 0 Å². The monoisotopic (exact) mass is 394 g/mol. The number of nitrogens with zero attached hydrogens (tertiary/aromatic N) is 1. The quantitative estimate of drug-likeness (QED) is 0.866. The zero-order valence-electron chi connectivity index (χ0n) is 12.7. The van der Waals surface area contributed by atoms with E-state index in [-0.39, 0.29) is 18.3 Å². The van der Waals surface area contributed by atoms with Gasteiger partial charge in [-0.1, -0.05) is 58.4 Å². The molecule has 1 atom stereocenters. The maximum atomic E-state index is 12.6. The fourth-order valence-electron chi connectivity index (χ4n) is 2.92. The number of carbonyl (C=O) groups is 1. The van der Waals surface area contributed by atoms with E-state index in [9.17, 15) is 4.79 Å².